The lowest BCUT2D eigenvalue weighted by Crippen LogP contribution is -2.50. The molecule has 0 amide bonds. The van der Waals surface area contributed by atoms with Gasteiger partial charge < -0.3 is 34.1 Å². The fourth-order valence-electron chi connectivity index (χ4n) is 4.49. The molecule has 2 N–H and O–H groups in total. The van der Waals surface area contributed by atoms with Crippen LogP contribution in [0.4, 0.5) is 5.69 Å². The number of hydrogen-bond donors (Lipinski definition) is 2. The zero-order valence-corrected chi connectivity index (χ0v) is 20.1. The van der Waals surface area contributed by atoms with E-state index in [1.54, 1.807) is 21.3 Å². The van der Waals surface area contributed by atoms with Crippen molar-refractivity contribution in [1.29, 1.82) is 0 Å². The summed E-state index contributed by atoms with van der Waals surface area (Å²) >= 11 is 0. The molecule has 1 fully saturated rings. The zero-order valence-electron chi connectivity index (χ0n) is 20.1. The lowest BCUT2D eigenvalue weighted by molar-refractivity contribution is -0.193. The Morgan fingerprint density at radius 3 is 2.09 bits per heavy atom. The smallest absolute Gasteiger partial charge is 0.189 e. The molecular formula is C27H33NO6. The van der Waals surface area contributed by atoms with Crippen molar-refractivity contribution in [1.82, 2.24) is 0 Å². The molecule has 0 aliphatic carbocycles. The van der Waals surface area contributed by atoms with Gasteiger partial charge in [-0.2, -0.15) is 0 Å². The number of rotatable bonds is 10. The Hall–Kier alpha value is -2.68. The molecule has 0 radical (unpaired) electrons. The van der Waals surface area contributed by atoms with E-state index in [4.69, 9.17) is 23.7 Å². The molecule has 0 bridgehead atoms. The minimum absolute atomic E-state index is 0.334. The highest BCUT2D eigenvalue weighted by Gasteiger charge is 2.52. The number of hydrogen-bond acceptors (Lipinski definition) is 7. The SMILES string of the molecule is COC[C@@H]1OC(C)([C@@H](Nc2ccc(OC)cc2)[C@H](O)c2ccc3ccccc3c2)O[C@H]1COC. The molecule has 7 heteroatoms. The highest BCUT2D eigenvalue weighted by atomic mass is 16.8. The summed E-state index contributed by atoms with van der Waals surface area (Å²) in [5.41, 5.74) is 1.56. The van der Waals surface area contributed by atoms with Crippen LogP contribution in [0.2, 0.25) is 0 Å². The number of nitrogens with one attached hydrogen (secondary N) is 1. The third kappa shape index (κ3) is 5.19. The van der Waals surface area contributed by atoms with Gasteiger partial charge in [-0.1, -0.05) is 36.4 Å². The highest BCUT2D eigenvalue weighted by molar-refractivity contribution is 5.83. The minimum Gasteiger partial charge on any atom is -0.497 e. The van der Waals surface area contributed by atoms with E-state index in [0.717, 1.165) is 27.8 Å². The monoisotopic (exact) mass is 467 g/mol. The number of fused-ring (bicyclic) bond motifs is 1. The van der Waals surface area contributed by atoms with Crippen molar-refractivity contribution in [2.45, 2.75) is 37.1 Å². The molecule has 1 aliphatic heterocycles. The van der Waals surface area contributed by atoms with Gasteiger partial charge in [0.15, 0.2) is 5.79 Å². The summed E-state index contributed by atoms with van der Waals surface area (Å²) in [6, 6.07) is 20.9. The number of anilines is 1. The van der Waals surface area contributed by atoms with Crippen LogP contribution in [-0.4, -0.2) is 63.7 Å². The van der Waals surface area contributed by atoms with Gasteiger partial charge in [0.1, 0.15) is 30.1 Å². The summed E-state index contributed by atoms with van der Waals surface area (Å²) in [7, 11) is 4.88. The first kappa shape index (κ1) is 24.4. The van der Waals surface area contributed by atoms with Crippen LogP contribution in [0.15, 0.2) is 66.7 Å². The minimum atomic E-state index is -1.16. The summed E-state index contributed by atoms with van der Waals surface area (Å²) in [6.07, 6.45) is -1.60. The van der Waals surface area contributed by atoms with E-state index in [1.807, 2.05) is 73.7 Å². The van der Waals surface area contributed by atoms with E-state index in [-0.39, 0.29) is 12.2 Å². The van der Waals surface area contributed by atoms with Gasteiger partial charge in [0, 0.05) is 19.9 Å². The first-order chi connectivity index (χ1) is 16.5. The normalized spacial score (nSPS) is 21.3. The van der Waals surface area contributed by atoms with Gasteiger partial charge >= 0.3 is 0 Å². The van der Waals surface area contributed by atoms with Crippen molar-refractivity contribution in [3.63, 3.8) is 0 Å². The summed E-state index contributed by atoms with van der Waals surface area (Å²) < 4.78 is 28.8. The van der Waals surface area contributed by atoms with E-state index < -0.39 is 17.9 Å². The van der Waals surface area contributed by atoms with Gasteiger partial charge in [0.25, 0.3) is 0 Å². The lowest BCUT2D eigenvalue weighted by Gasteiger charge is -2.37. The lowest BCUT2D eigenvalue weighted by atomic mass is 9.94. The Balaban J connectivity index is 1.69. The van der Waals surface area contributed by atoms with Crippen molar-refractivity contribution >= 4 is 16.5 Å². The molecule has 0 spiro atoms. The van der Waals surface area contributed by atoms with Crippen LogP contribution in [0.1, 0.15) is 18.6 Å². The van der Waals surface area contributed by atoms with Gasteiger partial charge in [-0.3, -0.25) is 0 Å². The van der Waals surface area contributed by atoms with Gasteiger partial charge in [-0.25, -0.2) is 0 Å². The summed E-state index contributed by atoms with van der Waals surface area (Å²) in [5, 5.41) is 17.3. The van der Waals surface area contributed by atoms with E-state index in [0.29, 0.717) is 13.2 Å². The summed E-state index contributed by atoms with van der Waals surface area (Å²) in [6.45, 7) is 2.55. The molecule has 1 saturated heterocycles. The third-order valence-electron chi connectivity index (χ3n) is 6.26. The molecule has 3 aromatic rings. The second-order valence-electron chi connectivity index (χ2n) is 8.64. The average Bonchev–Trinajstić information content (AvgIpc) is 3.18. The Morgan fingerprint density at radius 2 is 1.50 bits per heavy atom. The van der Waals surface area contributed by atoms with Crippen LogP contribution >= 0.6 is 0 Å². The second-order valence-corrected chi connectivity index (χ2v) is 8.64. The second kappa shape index (κ2) is 10.7. The molecule has 4 atom stereocenters. The Bertz CT molecular complexity index is 1060. The molecule has 1 heterocycles. The number of methoxy groups -OCH3 is 3. The van der Waals surface area contributed by atoms with Crippen molar-refractivity contribution in [3.05, 3.63) is 72.3 Å². The molecule has 34 heavy (non-hydrogen) atoms. The molecule has 0 saturated carbocycles. The Morgan fingerprint density at radius 1 is 0.882 bits per heavy atom. The van der Waals surface area contributed by atoms with Crippen LogP contribution in [0.25, 0.3) is 10.8 Å². The van der Waals surface area contributed by atoms with Crippen molar-refractivity contribution in [2.75, 3.05) is 39.9 Å². The van der Waals surface area contributed by atoms with Crippen LogP contribution in [-0.2, 0) is 18.9 Å². The number of benzene rings is 3. The predicted molar refractivity (Wildman–Crippen MR) is 131 cm³/mol. The van der Waals surface area contributed by atoms with Crippen LogP contribution in [0.5, 0.6) is 5.75 Å². The maximum absolute atomic E-state index is 11.7. The van der Waals surface area contributed by atoms with Crippen LogP contribution < -0.4 is 10.1 Å². The van der Waals surface area contributed by atoms with E-state index >= 15 is 0 Å². The van der Waals surface area contributed by atoms with Gasteiger partial charge in [-0.15, -0.1) is 0 Å². The maximum Gasteiger partial charge on any atom is 0.189 e. The quantitative estimate of drug-likeness (QED) is 0.464. The molecule has 7 nitrogen and oxygen atoms in total. The first-order valence-corrected chi connectivity index (χ1v) is 11.4. The average molecular weight is 468 g/mol. The Labute approximate surface area is 200 Å². The molecule has 3 aromatic carbocycles. The standard InChI is InChI=1S/C27H33NO6/c1-27(33-23(16-30-2)24(34-27)17-31-3)26(28-21-11-13-22(32-4)14-12-21)25(29)20-10-9-18-7-5-6-8-19(18)15-20/h5-15,23-26,28-29H,16-17H2,1-4H3/t23-,24-,25+,26-/m0/s1. The van der Waals surface area contributed by atoms with Crippen molar-refractivity contribution in [2.24, 2.45) is 0 Å². The molecular weight excluding hydrogens is 434 g/mol. The van der Waals surface area contributed by atoms with Gasteiger partial charge in [-0.05, 0) is 53.6 Å². The topological polar surface area (TPSA) is 78.4 Å². The summed E-state index contributed by atoms with van der Waals surface area (Å²) in [5.74, 6) is -0.408. The van der Waals surface area contributed by atoms with Crippen molar-refractivity contribution in [3.8, 4) is 5.75 Å². The fourth-order valence-corrected chi connectivity index (χ4v) is 4.49. The van der Waals surface area contributed by atoms with E-state index in [2.05, 4.69) is 5.32 Å². The van der Waals surface area contributed by atoms with Crippen LogP contribution in [0.3, 0.4) is 0 Å². The number of aliphatic hydroxyl groups excluding tert-OH is 1. The number of ether oxygens (including phenoxy) is 5. The van der Waals surface area contributed by atoms with Crippen molar-refractivity contribution < 1.29 is 28.8 Å². The van der Waals surface area contributed by atoms with E-state index in [1.165, 1.54) is 0 Å². The molecule has 1 aliphatic rings. The largest absolute Gasteiger partial charge is 0.497 e. The molecule has 0 unspecified atom stereocenters. The zero-order chi connectivity index (χ0) is 24.1. The first-order valence-electron chi connectivity index (χ1n) is 11.4. The number of aliphatic hydroxyl groups is 1. The van der Waals surface area contributed by atoms with Crippen LogP contribution in [0, 0.1) is 0 Å². The maximum atomic E-state index is 11.7. The molecule has 182 valence electrons. The summed E-state index contributed by atoms with van der Waals surface area (Å²) in [4.78, 5) is 0. The molecule has 4 rings (SSSR count). The van der Waals surface area contributed by atoms with Gasteiger partial charge in [0.05, 0.1) is 20.3 Å². The van der Waals surface area contributed by atoms with Gasteiger partial charge in [0.2, 0.25) is 0 Å². The Kier molecular flexibility index (Phi) is 7.70. The fraction of sp³-hybridized carbons (Fsp3) is 0.407. The van der Waals surface area contributed by atoms with E-state index in [9.17, 15) is 5.11 Å². The molecule has 0 aromatic heterocycles. The third-order valence-corrected chi connectivity index (χ3v) is 6.26. The highest BCUT2D eigenvalue weighted by Crippen LogP contribution is 2.39. The predicted octanol–water partition coefficient (Wildman–Crippen LogP) is 4.16.